The summed E-state index contributed by atoms with van der Waals surface area (Å²) in [5.74, 6) is 3.31. The molecule has 1 aromatic rings. The van der Waals surface area contributed by atoms with Crippen molar-refractivity contribution in [3.63, 3.8) is 0 Å². The van der Waals surface area contributed by atoms with Crippen molar-refractivity contribution in [3.05, 3.63) is 22.2 Å². The van der Waals surface area contributed by atoms with Crippen molar-refractivity contribution in [1.29, 1.82) is 0 Å². The quantitative estimate of drug-likeness (QED) is 0.802. The van der Waals surface area contributed by atoms with Crippen molar-refractivity contribution < 1.29 is 0 Å². The van der Waals surface area contributed by atoms with Crippen LogP contribution in [0, 0.1) is 11.8 Å². The minimum Gasteiger partial charge on any atom is -0.356 e. The van der Waals surface area contributed by atoms with Gasteiger partial charge in [0.25, 0.3) is 5.56 Å². The maximum Gasteiger partial charge on any atom is 0.252 e. The molecule has 5 nitrogen and oxygen atoms in total. The Morgan fingerprint density at radius 1 is 1.33 bits per heavy atom. The lowest BCUT2D eigenvalue weighted by molar-refractivity contribution is 0.533. The summed E-state index contributed by atoms with van der Waals surface area (Å²) in [7, 11) is 0. The fourth-order valence-electron chi connectivity index (χ4n) is 2.94. The molecule has 2 aliphatic heterocycles. The number of nitrogens with one attached hydrogen (secondary N) is 2. The molecule has 0 aromatic carbocycles. The Labute approximate surface area is 107 Å². The van der Waals surface area contributed by atoms with Gasteiger partial charge < -0.3 is 15.2 Å². The highest BCUT2D eigenvalue weighted by molar-refractivity contribution is 5.40. The maximum absolute atomic E-state index is 11.7. The lowest BCUT2D eigenvalue weighted by atomic mass is 10.0. The Morgan fingerprint density at radius 3 is 2.61 bits per heavy atom. The van der Waals surface area contributed by atoms with E-state index >= 15 is 0 Å². The van der Waals surface area contributed by atoms with Gasteiger partial charge in [-0.2, -0.15) is 0 Å². The molecule has 2 atom stereocenters. The van der Waals surface area contributed by atoms with Crippen molar-refractivity contribution in [3.8, 4) is 0 Å². The normalized spacial score (nSPS) is 26.9. The molecule has 3 rings (SSSR count). The smallest absolute Gasteiger partial charge is 0.252 e. The third kappa shape index (κ3) is 2.03. The van der Waals surface area contributed by atoms with E-state index in [1.54, 1.807) is 6.07 Å². The van der Waals surface area contributed by atoms with Crippen LogP contribution in [-0.2, 0) is 0 Å². The van der Waals surface area contributed by atoms with E-state index < -0.39 is 0 Å². The second-order valence-corrected chi connectivity index (χ2v) is 5.73. The summed E-state index contributed by atoms with van der Waals surface area (Å²) in [4.78, 5) is 21.4. The van der Waals surface area contributed by atoms with E-state index in [9.17, 15) is 4.79 Å². The van der Waals surface area contributed by atoms with E-state index in [1.807, 2.05) is 13.8 Å². The average Bonchev–Trinajstić information content (AvgIpc) is 2.87. The van der Waals surface area contributed by atoms with Crippen LogP contribution in [0.25, 0.3) is 0 Å². The zero-order chi connectivity index (χ0) is 12.7. The zero-order valence-electron chi connectivity index (χ0n) is 10.9. The first-order chi connectivity index (χ1) is 8.63. The van der Waals surface area contributed by atoms with Crippen LogP contribution in [0.1, 0.15) is 25.6 Å². The molecule has 0 bridgehead atoms. The third-order valence-electron chi connectivity index (χ3n) is 4.01. The van der Waals surface area contributed by atoms with E-state index in [2.05, 4.69) is 20.2 Å². The second-order valence-electron chi connectivity index (χ2n) is 5.73. The molecular formula is C13H20N4O. The number of aromatic amines is 1. The van der Waals surface area contributed by atoms with Crippen LogP contribution in [0.3, 0.4) is 0 Å². The molecule has 0 spiro atoms. The Bertz CT molecular complexity index is 484. The molecule has 0 unspecified atom stereocenters. The Kier molecular flexibility index (Phi) is 2.86. The standard InChI is InChI=1S/C13H20N4O/c1-8(2)13-15-11(3-12(18)16-13)17-6-9-4-14-5-10(9)7-17/h3,8-10,14H,4-7H2,1-2H3,(H,15,16,18)/t9-,10+. The number of H-pyrrole nitrogens is 1. The minimum atomic E-state index is -0.0427. The van der Waals surface area contributed by atoms with Crippen LogP contribution in [0.4, 0.5) is 5.82 Å². The molecule has 0 saturated carbocycles. The van der Waals surface area contributed by atoms with Crippen molar-refractivity contribution in [1.82, 2.24) is 15.3 Å². The number of aromatic nitrogens is 2. The number of fused-ring (bicyclic) bond motifs is 1. The van der Waals surface area contributed by atoms with Crippen LogP contribution in [0.2, 0.25) is 0 Å². The number of hydrogen-bond acceptors (Lipinski definition) is 4. The summed E-state index contributed by atoms with van der Waals surface area (Å²) in [5, 5.41) is 3.42. The lowest BCUT2D eigenvalue weighted by Gasteiger charge is -2.19. The van der Waals surface area contributed by atoms with E-state index in [-0.39, 0.29) is 11.5 Å². The fraction of sp³-hybridized carbons (Fsp3) is 0.692. The van der Waals surface area contributed by atoms with Crippen molar-refractivity contribution in [2.24, 2.45) is 11.8 Å². The molecule has 1 aromatic heterocycles. The second kappa shape index (κ2) is 4.39. The van der Waals surface area contributed by atoms with Gasteiger partial charge in [0.1, 0.15) is 11.6 Å². The van der Waals surface area contributed by atoms with Gasteiger partial charge in [0.05, 0.1) is 0 Å². The van der Waals surface area contributed by atoms with Gasteiger partial charge in [-0.1, -0.05) is 13.8 Å². The van der Waals surface area contributed by atoms with Gasteiger partial charge in [0.2, 0.25) is 0 Å². The highest BCUT2D eigenvalue weighted by Gasteiger charge is 2.36. The predicted octanol–water partition coefficient (Wildman–Crippen LogP) is 0.549. The van der Waals surface area contributed by atoms with Gasteiger partial charge in [-0.3, -0.25) is 4.79 Å². The van der Waals surface area contributed by atoms with Crippen LogP contribution < -0.4 is 15.8 Å². The van der Waals surface area contributed by atoms with Gasteiger partial charge in [-0.05, 0) is 11.8 Å². The first-order valence-electron chi connectivity index (χ1n) is 6.70. The third-order valence-corrected chi connectivity index (χ3v) is 4.01. The van der Waals surface area contributed by atoms with E-state index in [1.165, 1.54) is 0 Å². The average molecular weight is 248 g/mol. The summed E-state index contributed by atoms with van der Waals surface area (Å²) >= 11 is 0. The molecule has 2 aliphatic rings. The van der Waals surface area contributed by atoms with Gasteiger partial charge >= 0.3 is 0 Å². The summed E-state index contributed by atoms with van der Waals surface area (Å²) in [5.41, 5.74) is -0.0427. The molecular weight excluding hydrogens is 228 g/mol. The van der Waals surface area contributed by atoms with Crippen LogP contribution in [0.5, 0.6) is 0 Å². The summed E-state index contributed by atoms with van der Waals surface area (Å²) < 4.78 is 0. The highest BCUT2D eigenvalue weighted by Crippen LogP contribution is 2.29. The van der Waals surface area contributed by atoms with E-state index in [4.69, 9.17) is 0 Å². The molecule has 5 heteroatoms. The molecule has 98 valence electrons. The maximum atomic E-state index is 11.7. The molecule has 2 fully saturated rings. The molecule has 0 aliphatic carbocycles. The molecule has 0 amide bonds. The van der Waals surface area contributed by atoms with Gasteiger partial charge in [-0.25, -0.2) is 4.98 Å². The first-order valence-corrected chi connectivity index (χ1v) is 6.70. The number of rotatable bonds is 2. The first kappa shape index (κ1) is 11.7. The number of nitrogens with zero attached hydrogens (tertiary/aromatic N) is 2. The molecule has 2 N–H and O–H groups in total. The topological polar surface area (TPSA) is 61.0 Å². The van der Waals surface area contributed by atoms with Crippen LogP contribution >= 0.6 is 0 Å². The molecule has 3 heterocycles. The van der Waals surface area contributed by atoms with Crippen molar-refractivity contribution >= 4 is 5.82 Å². The Hall–Kier alpha value is -1.36. The summed E-state index contributed by atoms with van der Waals surface area (Å²) in [6.45, 7) is 8.33. The summed E-state index contributed by atoms with van der Waals surface area (Å²) in [6.07, 6.45) is 0. The van der Waals surface area contributed by atoms with Crippen molar-refractivity contribution in [2.75, 3.05) is 31.1 Å². The van der Waals surface area contributed by atoms with Crippen molar-refractivity contribution in [2.45, 2.75) is 19.8 Å². The van der Waals surface area contributed by atoms with Crippen LogP contribution in [0.15, 0.2) is 10.9 Å². The Morgan fingerprint density at radius 2 is 2.00 bits per heavy atom. The van der Waals surface area contributed by atoms with E-state index in [0.717, 1.165) is 37.8 Å². The predicted molar refractivity (Wildman–Crippen MR) is 71.0 cm³/mol. The largest absolute Gasteiger partial charge is 0.356 e. The number of hydrogen-bond donors (Lipinski definition) is 2. The van der Waals surface area contributed by atoms with Crippen LogP contribution in [-0.4, -0.2) is 36.1 Å². The van der Waals surface area contributed by atoms with Gasteiger partial charge in [0.15, 0.2) is 0 Å². The molecule has 2 saturated heterocycles. The fourth-order valence-corrected chi connectivity index (χ4v) is 2.94. The minimum absolute atomic E-state index is 0.0427. The van der Waals surface area contributed by atoms with Gasteiger partial charge in [0, 0.05) is 38.2 Å². The monoisotopic (exact) mass is 248 g/mol. The SMILES string of the molecule is CC(C)c1nc(N2C[C@H]3CNC[C@H]3C2)cc(=O)[nH]1. The molecule has 18 heavy (non-hydrogen) atoms. The molecule has 0 radical (unpaired) electrons. The van der Waals surface area contributed by atoms with Gasteiger partial charge in [-0.15, -0.1) is 0 Å². The van der Waals surface area contributed by atoms with E-state index in [0.29, 0.717) is 11.8 Å². The Balaban J connectivity index is 1.86. The number of anilines is 1. The summed E-state index contributed by atoms with van der Waals surface area (Å²) in [6, 6.07) is 1.63. The lowest BCUT2D eigenvalue weighted by Crippen LogP contribution is -2.28. The highest BCUT2D eigenvalue weighted by atomic mass is 16.1. The zero-order valence-corrected chi connectivity index (χ0v) is 10.9.